The molecule has 1 aromatic rings. The van der Waals surface area contributed by atoms with Crippen LogP contribution in [-0.2, 0) is 10.0 Å². The average molecular weight is 318 g/mol. The van der Waals surface area contributed by atoms with E-state index in [0.717, 1.165) is 37.3 Å². The molecule has 0 spiro atoms. The third-order valence-electron chi connectivity index (χ3n) is 3.42. The van der Waals surface area contributed by atoms with Gasteiger partial charge in [0.05, 0.1) is 5.56 Å². The Morgan fingerprint density at radius 3 is 2.70 bits per heavy atom. The molecule has 112 valence electrons. The van der Waals surface area contributed by atoms with Crippen molar-refractivity contribution in [2.45, 2.75) is 30.0 Å². The van der Waals surface area contributed by atoms with Crippen molar-refractivity contribution < 1.29 is 18.3 Å². The highest BCUT2D eigenvalue weighted by molar-refractivity contribution is 7.91. The second-order valence-electron chi connectivity index (χ2n) is 4.90. The summed E-state index contributed by atoms with van der Waals surface area (Å²) >= 11 is 0.924. The average Bonchev–Trinajstić information content (AvgIpc) is 3.06. The first-order valence-electron chi connectivity index (χ1n) is 6.45. The van der Waals surface area contributed by atoms with Crippen LogP contribution in [0.5, 0.6) is 0 Å². The lowest BCUT2D eigenvalue weighted by atomic mass is 10.3. The van der Waals surface area contributed by atoms with E-state index in [9.17, 15) is 13.2 Å². The van der Waals surface area contributed by atoms with Crippen LogP contribution < -0.4 is 4.72 Å². The summed E-state index contributed by atoms with van der Waals surface area (Å²) in [6.45, 7) is 4.34. The molecule has 2 heterocycles. The number of hydrogen-bond donors (Lipinski definition) is 2. The van der Waals surface area contributed by atoms with E-state index in [4.69, 9.17) is 5.11 Å². The van der Waals surface area contributed by atoms with Crippen molar-refractivity contribution in [3.8, 4) is 0 Å². The fourth-order valence-electron chi connectivity index (χ4n) is 2.18. The number of aromatic carboxylic acids is 1. The van der Waals surface area contributed by atoms with Crippen LogP contribution in [0.4, 0.5) is 0 Å². The highest BCUT2D eigenvalue weighted by atomic mass is 32.2. The van der Waals surface area contributed by atoms with Gasteiger partial charge >= 0.3 is 5.97 Å². The fraction of sp³-hybridized carbons (Fsp3) is 0.583. The zero-order valence-electron chi connectivity index (χ0n) is 11.2. The minimum atomic E-state index is -3.62. The molecule has 1 saturated heterocycles. The van der Waals surface area contributed by atoms with Crippen molar-refractivity contribution >= 4 is 27.3 Å². The number of carboxylic acids is 1. The van der Waals surface area contributed by atoms with Gasteiger partial charge in [-0.3, -0.25) is 4.90 Å². The quantitative estimate of drug-likeness (QED) is 0.823. The molecule has 2 N–H and O–H groups in total. The molecule has 1 unspecified atom stereocenters. The van der Waals surface area contributed by atoms with Gasteiger partial charge in [0.25, 0.3) is 0 Å². The topological polar surface area (TPSA) is 86.7 Å². The molecule has 0 aliphatic carbocycles. The second-order valence-corrected chi connectivity index (χ2v) is 7.81. The van der Waals surface area contributed by atoms with Crippen LogP contribution in [-0.4, -0.2) is 50.1 Å². The van der Waals surface area contributed by atoms with Crippen molar-refractivity contribution in [1.29, 1.82) is 0 Å². The first-order valence-corrected chi connectivity index (χ1v) is 8.82. The van der Waals surface area contributed by atoms with E-state index in [1.54, 1.807) is 0 Å². The number of nitrogens with zero attached hydrogens (tertiary/aromatic N) is 1. The van der Waals surface area contributed by atoms with Crippen molar-refractivity contribution in [3.63, 3.8) is 0 Å². The highest BCUT2D eigenvalue weighted by Crippen LogP contribution is 2.20. The summed E-state index contributed by atoms with van der Waals surface area (Å²) < 4.78 is 26.7. The van der Waals surface area contributed by atoms with Crippen LogP contribution in [0.1, 0.15) is 30.1 Å². The van der Waals surface area contributed by atoms with E-state index >= 15 is 0 Å². The van der Waals surface area contributed by atoms with Gasteiger partial charge in [-0.25, -0.2) is 17.9 Å². The Hall–Kier alpha value is -0.960. The smallest absolute Gasteiger partial charge is 0.336 e. The van der Waals surface area contributed by atoms with E-state index < -0.39 is 16.0 Å². The Morgan fingerprint density at radius 1 is 1.50 bits per heavy atom. The van der Waals surface area contributed by atoms with Crippen molar-refractivity contribution in [3.05, 3.63) is 17.0 Å². The summed E-state index contributed by atoms with van der Waals surface area (Å²) in [7, 11) is -3.62. The van der Waals surface area contributed by atoms with E-state index in [0.29, 0.717) is 6.54 Å². The van der Waals surface area contributed by atoms with Crippen LogP contribution in [0.2, 0.25) is 0 Å². The largest absolute Gasteiger partial charge is 0.478 e. The molecule has 0 saturated carbocycles. The minimum absolute atomic E-state index is 0.00275. The standard InChI is InChI=1S/C12H18N2O4S2/c1-9(14-4-2-3-5-14)7-13-20(17,18)11-6-10(8-19-11)12(15)16/h6,8-9,13H,2-5,7H2,1H3,(H,15,16). The molecule has 1 aromatic heterocycles. The Bertz CT molecular complexity index is 576. The molecule has 1 aliphatic heterocycles. The van der Waals surface area contributed by atoms with Gasteiger partial charge in [-0.1, -0.05) is 0 Å². The SMILES string of the molecule is CC(CNS(=O)(=O)c1cc(C(=O)O)cs1)N1CCCC1. The number of carboxylic acid groups (broad SMARTS) is 1. The Balaban J connectivity index is 1.97. The molecule has 8 heteroatoms. The van der Waals surface area contributed by atoms with Crippen LogP contribution in [0.15, 0.2) is 15.7 Å². The van der Waals surface area contributed by atoms with Crippen LogP contribution in [0, 0.1) is 0 Å². The predicted molar refractivity (Wildman–Crippen MR) is 76.7 cm³/mol. The van der Waals surface area contributed by atoms with E-state index in [1.807, 2.05) is 6.92 Å². The summed E-state index contributed by atoms with van der Waals surface area (Å²) in [5, 5.41) is 10.1. The van der Waals surface area contributed by atoms with E-state index in [1.165, 1.54) is 11.4 Å². The molecule has 1 fully saturated rings. The lowest BCUT2D eigenvalue weighted by Crippen LogP contribution is -2.40. The number of carbonyl (C=O) groups is 1. The fourth-order valence-corrected chi connectivity index (χ4v) is 4.50. The van der Waals surface area contributed by atoms with E-state index in [2.05, 4.69) is 9.62 Å². The number of likely N-dealkylation sites (tertiary alicyclic amines) is 1. The molecule has 2 rings (SSSR count). The van der Waals surface area contributed by atoms with Gasteiger partial charge in [-0.05, 0) is 38.9 Å². The first-order chi connectivity index (χ1) is 9.40. The molecule has 0 amide bonds. The maximum absolute atomic E-state index is 12.1. The number of rotatable bonds is 6. The summed E-state index contributed by atoms with van der Waals surface area (Å²) in [4.78, 5) is 13.0. The number of sulfonamides is 1. The lowest BCUT2D eigenvalue weighted by molar-refractivity contribution is 0.0697. The second kappa shape index (κ2) is 6.21. The third-order valence-corrected chi connectivity index (χ3v) is 6.28. The van der Waals surface area contributed by atoms with Crippen LogP contribution in [0.25, 0.3) is 0 Å². The van der Waals surface area contributed by atoms with Gasteiger partial charge in [-0.15, -0.1) is 11.3 Å². The van der Waals surface area contributed by atoms with Gasteiger partial charge in [0.1, 0.15) is 4.21 Å². The van der Waals surface area contributed by atoms with Gasteiger partial charge in [0, 0.05) is 18.0 Å². The maximum atomic E-state index is 12.1. The Kier molecular flexibility index (Phi) is 4.79. The molecule has 1 aliphatic rings. The Labute approximate surface area is 122 Å². The van der Waals surface area contributed by atoms with Crippen molar-refractivity contribution in [2.24, 2.45) is 0 Å². The van der Waals surface area contributed by atoms with E-state index in [-0.39, 0.29) is 15.8 Å². The molecule has 6 nitrogen and oxygen atoms in total. The monoisotopic (exact) mass is 318 g/mol. The number of nitrogens with one attached hydrogen (secondary N) is 1. The van der Waals surface area contributed by atoms with Gasteiger partial charge in [0.15, 0.2) is 0 Å². The van der Waals surface area contributed by atoms with Gasteiger partial charge in [-0.2, -0.15) is 0 Å². The normalized spacial score (nSPS) is 18.2. The number of hydrogen-bond acceptors (Lipinski definition) is 5. The molecular formula is C12H18N2O4S2. The Morgan fingerprint density at radius 2 is 2.15 bits per heavy atom. The molecule has 1 atom stereocenters. The van der Waals surface area contributed by atoms with Crippen molar-refractivity contribution in [2.75, 3.05) is 19.6 Å². The molecule has 0 bridgehead atoms. The lowest BCUT2D eigenvalue weighted by Gasteiger charge is -2.23. The predicted octanol–water partition coefficient (Wildman–Crippen LogP) is 1.21. The van der Waals surface area contributed by atoms with Gasteiger partial charge < -0.3 is 5.11 Å². The van der Waals surface area contributed by atoms with Crippen LogP contribution in [0.3, 0.4) is 0 Å². The highest BCUT2D eigenvalue weighted by Gasteiger charge is 2.22. The zero-order valence-corrected chi connectivity index (χ0v) is 12.8. The number of thiophene rings is 1. The van der Waals surface area contributed by atoms with Crippen LogP contribution >= 0.6 is 11.3 Å². The summed E-state index contributed by atoms with van der Waals surface area (Å²) in [5.41, 5.74) is 0.00275. The van der Waals surface area contributed by atoms with Gasteiger partial charge in [0.2, 0.25) is 10.0 Å². The molecule has 20 heavy (non-hydrogen) atoms. The van der Waals surface area contributed by atoms with Crippen molar-refractivity contribution in [1.82, 2.24) is 9.62 Å². The zero-order chi connectivity index (χ0) is 14.8. The summed E-state index contributed by atoms with van der Waals surface area (Å²) in [5.74, 6) is -1.12. The minimum Gasteiger partial charge on any atom is -0.478 e. The molecular weight excluding hydrogens is 300 g/mol. The molecule has 0 aromatic carbocycles. The molecule has 0 radical (unpaired) electrons. The summed E-state index contributed by atoms with van der Waals surface area (Å²) in [6, 6.07) is 1.33. The maximum Gasteiger partial charge on any atom is 0.336 e. The summed E-state index contributed by atoms with van der Waals surface area (Å²) in [6.07, 6.45) is 2.31. The first kappa shape index (κ1) is 15.4. The third kappa shape index (κ3) is 3.57.